The van der Waals surface area contributed by atoms with Gasteiger partial charge in [-0.25, -0.2) is 4.98 Å². The Labute approximate surface area is 147 Å². The smallest absolute Gasteiger partial charge is 0.319 e. The summed E-state index contributed by atoms with van der Waals surface area (Å²) in [4.78, 5) is 16.7. The second-order valence-corrected chi connectivity index (χ2v) is 7.69. The maximum Gasteiger partial charge on any atom is 0.319 e. The summed E-state index contributed by atoms with van der Waals surface area (Å²) in [5, 5.41) is 6.30. The molecule has 124 valence electrons. The molecule has 0 aromatic carbocycles. The van der Waals surface area contributed by atoms with E-state index in [1.807, 2.05) is 6.07 Å². The second-order valence-electron chi connectivity index (χ2n) is 6.34. The van der Waals surface area contributed by atoms with Crippen LogP contribution in [0.4, 0.5) is 5.82 Å². The molecule has 5 heterocycles. The first-order valence-corrected chi connectivity index (χ1v) is 9.22. The van der Waals surface area contributed by atoms with Gasteiger partial charge in [0, 0.05) is 36.8 Å². The molecule has 0 amide bonds. The number of rotatable bonds is 2. The Bertz CT molecular complexity index is 933. The zero-order valence-electron chi connectivity index (χ0n) is 13.1. The monoisotopic (exact) mass is 361 g/mol. The Morgan fingerprint density at radius 2 is 2.08 bits per heavy atom. The van der Waals surface area contributed by atoms with Crippen LogP contribution >= 0.6 is 22.9 Å². The van der Waals surface area contributed by atoms with Crippen LogP contribution in [0.15, 0.2) is 12.3 Å². The fourth-order valence-electron chi connectivity index (χ4n) is 3.82. The molecule has 2 fully saturated rings. The van der Waals surface area contributed by atoms with Crippen LogP contribution in [0.5, 0.6) is 6.01 Å². The van der Waals surface area contributed by atoms with Gasteiger partial charge in [-0.15, -0.1) is 11.3 Å². The number of aromatic nitrogens is 3. The second kappa shape index (κ2) is 5.40. The summed E-state index contributed by atoms with van der Waals surface area (Å²) in [6, 6.07) is 3.47. The van der Waals surface area contributed by atoms with Gasteiger partial charge in [0.2, 0.25) is 0 Å². The number of methoxy groups -OCH3 is 1. The fraction of sp³-hybridized carbons (Fsp3) is 0.438. The summed E-state index contributed by atoms with van der Waals surface area (Å²) in [7, 11) is 1.61. The van der Waals surface area contributed by atoms with Crippen molar-refractivity contribution in [1.29, 1.82) is 0 Å². The maximum absolute atomic E-state index is 6.29. The number of piperazine rings is 1. The van der Waals surface area contributed by atoms with E-state index in [0.29, 0.717) is 23.2 Å². The molecule has 2 aliphatic heterocycles. The van der Waals surface area contributed by atoms with Gasteiger partial charge in [0.05, 0.1) is 17.2 Å². The Morgan fingerprint density at radius 3 is 2.83 bits per heavy atom. The quantitative estimate of drug-likeness (QED) is 0.708. The van der Waals surface area contributed by atoms with Crippen LogP contribution in [0.3, 0.4) is 0 Å². The molecule has 24 heavy (non-hydrogen) atoms. The van der Waals surface area contributed by atoms with E-state index in [2.05, 4.69) is 20.2 Å². The number of thiophene rings is 1. The van der Waals surface area contributed by atoms with E-state index in [0.717, 1.165) is 39.2 Å². The van der Waals surface area contributed by atoms with Gasteiger partial charge < -0.3 is 15.0 Å². The first-order chi connectivity index (χ1) is 11.7. The molecule has 0 aliphatic carbocycles. The number of nitrogens with zero attached hydrogens (tertiary/aromatic N) is 4. The Balaban J connectivity index is 1.76. The largest absolute Gasteiger partial charge is 0.467 e. The van der Waals surface area contributed by atoms with Gasteiger partial charge in [0.25, 0.3) is 0 Å². The summed E-state index contributed by atoms with van der Waals surface area (Å²) in [6.45, 7) is 1.92. The van der Waals surface area contributed by atoms with Crippen LogP contribution in [0.25, 0.3) is 20.3 Å². The predicted molar refractivity (Wildman–Crippen MR) is 96.4 cm³/mol. The molecule has 2 aliphatic rings. The molecule has 2 unspecified atom stereocenters. The van der Waals surface area contributed by atoms with Crippen LogP contribution in [-0.2, 0) is 0 Å². The van der Waals surface area contributed by atoms with Crippen LogP contribution in [0, 0.1) is 0 Å². The lowest BCUT2D eigenvalue weighted by atomic mass is 10.2. The number of fused-ring (bicyclic) bond motifs is 5. The highest BCUT2D eigenvalue weighted by Gasteiger charge is 2.34. The molecule has 1 N–H and O–H groups in total. The first kappa shape index (κ1) is 14.6. The molecule has 0 radical (unpaired) electrons. The van der Waals surface area contributed by atoms with Crippen molar-refractivity contribution in [3.63, 3.8) is 0 Å². The highest BCUT2D eigenvalue weighted by Crippen LogP contribution is 2.41. The topological polar surface area (TPSA) is 63.2 Å². The van der Waals surface area contributed by atoms with E-state index in [9.17, 15) is 0 Å². The molecule has 6 nitrogen and oxygen atoms in total. The zero-order valence-corrected chi connectivity index (χ0v) is 14.7. The van der Waals surface area contributed by atoms with E-state index in [1.165, 1.54) is 12.8 Å². The van der Waals surface area contributed by atoms with Crippen molar-refractivity contribution in [3.05, 3.63) is 17.4 Å². The summed E-state index contributed by atoms with van der Waals surface area (Å²) in [5.41, 5.74) is 0. The fourth-order valence-corrected chi connectivity index (χ4v) is 5.13. The van der Waals surface area contributed by atoms with Gasteiger partial charge in [-0.3, -0.25) is 0 Å². The summed E-state index contributed by atoms with van der Waals surface area (Å²) in [5.74, 6) is 0.948. The van der Waals surface area contributed by atoms with E-state index < -0.39 is 0 Å². The van der Waals surface area contributed by atoms with Crippen molar-refractivity contribution in [2.75, 3.05) is 25.1 Å². The average Bonchev–Trinajstić information content (AvgIpc) is 3.14. The summed E-state index contributed by atoms with van der Waals surface area (Å²) >= 11 is 7.84. The molecule has 2 atom stereocenters. The molecule has 2 bridgehead atoms. The van der Waals surface area contributed by atoms with Crippen molar-refractivity contribution in [2.24, 2.45) is 0 Å². The molecular weight excluding hydrogens is 346 g/mol. The lowest BCUT2D eigenvalue weighted by Gasteiger charge is -2.34. The summed E-state index contributed by atoms with van der Waals surface area (Å²) < 4.78 is 6.30. The number of anilines is 1. The minimum Gasteiger partial charge on any atom is -0.467 e. The van der Waals surface area contributed by atoms with Crippen molar-refractivity contribution < 1.29 is 4.74 Å². The molecule has 3 aromatic rings. The van der Waals surface area contributed by atoms with Crippen molar-refractivity contribution >= 4 is 49.1 Å². The highest BCUT2D eigenvalue weighted by molar-refractivity contribution is 7.26. The molecule has 0 spiro atoms. The Kier molecular flexibility index (Phi) is 3.29. The van der Waals surface area contributed by atoms with Gasteiger partial charge >= 0.3 is 6.01 Å². The number of halogens is 1. The van der Waals surface area contributed by atoms with E-state index in [1.54, 1.807) is 24.6 Å². The predicted octanol–water partition coefficient (Wildman–Crippen LogP) is 2.84. The standard InChI is InChI=1S/C16H16ClN5OS/c1-23-16-20-14(22-6-8-2-3-9(7-22)19-8)11-10-4-5-18-13(17)12(10)24-15(11)21-16/h4-5,8-9,19H,2-3,6-7H2,1H3. The van der Waals surface area contributed by atoms with E-state index >= 15 is 0 Å². The number of hydrogen-bond donors (Lipinski definition) is 1. The maximum atomic E-state index is 6.29. The van der Waals surface area contributed by atoms with Crippen LogP contribution in [-0.4, -0.2) is 47.2 Å². The molecule has 5 rings (SSSR count). The molecule has 3 aromatic heterocycles. The van der Waals surface area contributed by atoms with Crippen molar-refractivity contribution in [2.45, 2.75) is 24.9 Å². The Hall–Kier alpha value is -1.70. The van der Waals surface area contributed by atoms with Crippen LogP contribution in [0.2, 0.25) is 5.15 Å². The summed E-state index contributed by atoms with van der Waals surface area (Å²) in [6.07, 6.45) is 4.20. The highest BCUT2D eigenvalue weighted by atomic mass is 35.5. The van der Waals surface area contributed by atoms with Gasteiger partial charge in [-0.1, -0.05) is 11.6 Å². The lowest BCUT2D eigenvalue weighted by Crippen LogP contribution is -2.51. The number of hydrogen-bond acceptors (Lipinski definition) is 7. The Morgan fingerprint density at radius 1 is 1.29 bits per heavy atom. The first-order valence-electron chi connectivity index (χ1n) is 8.02. The van der Waals surface area contributed by atoms with Crippen LogP contribution < -0.4 is 15.0 Å². The van der Waals surface area contributed by atoms with Gasteiger partial charge in [0.1, 0.15) is 15.8 Å². The number of pyridine rings is 1. The third-order valence-electron chi connectivity index (χ3n) is 4.86. The molecular formula is C16H16ClN5OS. The third-order valence-corrected chi connectivity index (χ3v) is 6.37. The average molecular weight is 362 g/mol. The molecule has 2 saturated heterocycles. The van der Waals surface area contributed by atoms with E-state index in [-0.39, 0.29) is 0 Å². The SMILES string of the molecule is COc1nc(N2CC3CCC(C2)N3)c2c(n1)sc1c(Cl)nccc12. The normalized spacial score (nSPS) is 23.3. The van der Waals surface area contributed by atoms with Crippen LogP contribution in [0.1, 0.15) is 12.8 Å². The van der Waals surface area contributed by atoms with Gasteiger partial charge in [0.15, 0.2) is 0 Å². The molecule has 8 heteroatoms. The minimum atomic E-state index is 0.402. The van der Waals surface area contributed by atoms with E-state index in [4.69, 9.17) is 21.3 Å². The van der Waals surface area contributed by atoms with Crippen molar-refractivity contribution in [1.82, 2.24) is 20.3 Å². The minimum absolute atomic E-state index is 0.402. The zero-order chi connectivity index (χ0) is 16.3. The number of ether oxygens (including phenoxy) is 1. The number of nitrogens with one attached hydrogen (secondary N) is 1. The lowest BCUT2D eigenvalue weighted by molar-refractivity contribution is 0.380. The molecule has 0 saturated carbocycles. The van der Waals surface area contributed by atoms with Gasteiger partial charge in [-0.05, 0) is 18.9 Å². The third kappa shape index (κ3) is 2.15. The van der Waals surface area contributed by atoms with Crippen molar-refractivity contribution in [3.8, 4) is 6.01 Å². The van der Waals surface area contributed by atoms with Gasteiger partial charge in [-0.2, -0.15) is 9.97 Å².